The summed E-state index contributed by atoms with van der Waals surface area (Å²) in [6.07, 6.45) is 4.54. The molecule has 0 aromatic heterocycles. The Kier molecular flexibility index (Phi) is 6.75. The molecule has 0 bridgehead atoms. The molecule has 1 atom stereocenters. The molecular weight excluding hydrogens is 246 g/mol. The highest BCUT2D eigenvalue weighted by Crippen LogP contribution is 2.14. The van der Waals surface area contributed by atoms with Crippen molar-refractivity contribution in [2.45, 2.75) is 70.8 Å². The van der Waals surface area contributed by atoms with Crippen molar-refractivity contribution < 1.29 is 19.0 Å². The van der Waals surface area contributed by atoms with E-state index in [1.807, 2.05) is 20.8 Å². The van der Waals surface area contributed by atoms with E-state index in [9.17, 15) is 4.79 Å². The highest BCUT2D eigenvalue weighted by atomic mass is 16.7. The first-order chi connectivity index (χ1) is 8.88. The van der Waals surface area contributed by atoms with Gasteiger partial charge in [0.1, 0.15) is 11.6 Å². The third-order valence-corrected chi connectivity index (χ3v) is 2.86. The molecule has 5 nitrogen and oxygen atoms in total. The Morgan fingerprint density at radius 3 is 2.47 bits per heavy atom. The van der Waals surface area contributed by atoms with E-state index in [1.54, 1.807) is 0 Å². The van der Waals surface area contributed by atoms with Crippen LogP contribution in [0.5, 0.6) is 0 Å². The average Bonchev–Trinajstić information content (AvgIpc) is 2.79. The normalized spacial score (nSPS) is 18.5. The van der Waals surface area contributed by atoms with Crippen LogP contribution in [0.1, 0.15) is 52.9 Å². The Bertz CT molecular complexity index is 269. The Labute approximate surface area is 115 Å². The number of carbonyl (C=O) groups excluding carboxylic acids is 1. The van der Waals surface area contributed by atoms with E-state index < -0.39 is 11.6 Å². The molecule has 0 amide bonds. The van der Waals surface area contributed by atoms with Crippen LogP contribution in [0.3, 0.4) is 0 Å². The van der Waals surface area contributed by atoms with Gasteiger partial charge in [-0.3, -0.25) is 4.79 Å². The maximum absolute atomic E-state index is 11.6. The molecule has 1 aliphatic heterocycles. The van der Waals surface area contributed by atoms with Crippen molar-refractivity contribution in [3.05, 3.63) is 0 Å². The predicted octanol–water partition coefficient (Wildman–Crippen LogP) is 1.98. The van der Waals surface area contributed by atoms with Gasteiger partial charge >= 0.3 is 5.97 Å². The van der Waals surface area contributed by atoms with Gasteiger partial charge in [-0.15, -0.1) is 0 Å². The first kappa shape index (κ1) is 16.4. The van der Waals surface area contributed by atoms with Crippen LogP contribution in [-0.4, -0.2) is 37.1 Å². The summed E-state index contributed by atoms with van der Waals surface area (Å²) in [4.78, 5) is 11.6. The Balaban J connectivity index is 2.03. The second-order valence-corrected chi connectivity index (χ2v) is 5.95. The minimum Gasteiger partial charge on any atom is -0.459 e. The molecule has 1 saturated heterocycles. The molecule has 1 fully saturated rings. The van der Waals surface area contributed by atoms with E-state index in [0.717, 1.165) is 25.7 Å². The van der Waals surface area contributed by atoms with E-state index in [4.69, 9.17) is 19.9 Å². The average molecular weight is 273 g/mol. The van der Waals surface area contributed by atoms with Gasteiger partial charge in [0.15, 0.2) is 6.29 Å². The molecule has 0 aromatic rings. The fourth-order valence-electron chi connectivity index (χ4n) is 1.92. The lowest BCUT2D eigenvalue weighted by Crippen LogP contribution is -2.37. The molecule has 0 radical (unpaired) electrons. The molecule has 112 valence electrons. The number of hydrogen-bond acceptors (Lipinski definition) is 5. The quantitative estimate of drug-likeness (QED) is 0.567. The molecule has 1 heterocycles. The Morgan fingerprint density at radius 2 is 1.89 bits per heavy atom. The number of carbonyl (C=O) groups is 1. The summed E-state index contributed by atoms with van der Waals surface area (Å²) in [6.45, 7) is 6.94. The summed E-state index contributed by atoms with van der Waals surface area (Å²) >= 11 is 0. The minimum atomic E-state index is -0.516. The lowest BCUT2D eigenvalue weighted by Gasteiger charge is -2.22. The summed E-state index contributed by atoms with van der Waals surface area (Å²) in [5, 5.41) is 0. The second-order valence-electron chi connectivity index (χ2n) is 5.95. The van der Waals surface area contributed by atoms with Gasteiger partial charge in [0.25, 0.3) is 0 Å². The topological polar surface area (TPSA) is 70.8 Å². The Hall–Kier alpha value is -0.650. The molecule has 0 aliphatic carbocycles. The standard InChI is InChI=1S/C14H27NO4/c1-14(2,3)19-13(16)11(15)7-5-4-6-8-12-17-9-10-18-12/h11-12H,4-10,15H2,1-3H3. The summed E-state index contributed by atoms with van der Waals surface area (Å²) in [5.41, 5.74) is 5.34. The number of esters is 1. The maximum atomic E-state index is 11.6. The monoisotopic (exact) mass is 273 g/mol. The van der Waals surface area contributed by atoms with Crippen molar-refractivity contribution >= 4 is 5.97 Å². The molecule has 5 heteroatoms. The molecule has 0 spiro atoms. The molecule has 1 rings (SSSR count). The van der Waals surface area contributed by atoms with Gasteiger partial charge in [-0.2, -0.15) is 0 Å². The Morgan fingerprint density at radius 1 is 1.26 bits per heavy atom. The largest absolute Gasteiger partial charge is 0.459 e. The van der Waals surface area contributed by atoms with E-state index in [2.05, 4.69) is 0 Å². The molecule has 1 unspecified atom stereocenters. The van der Waals surface area contributed by atoms with Gasteiger partial charge in [0.05, 0.1) is 13.2 Å². The van der Waals surface area contributed by atoms with E-state index in [1.165, 1.54) is 0 Å². The number of hydrogen-bond donors (Lipinski definition) is 1. The SMILES string of the molecule is CC(C)(C)OC(=O)C(N)CCCCCC1OCCO1. The fraction of sp³-hybridized carbons (Fsp3) is 0.929. The predicted molar refractivity (Wildman–Crippen MR) is 72.6 cm³/mol. The van der Waals surface area contributed by atoms with E-state index in [-0.39, 0.29) is 12.3 Å². The van der Waals surface area contributed by atoms with Crippen molar-refractivity contribution in [2.75, 3.05) is 13.2 Å². The highest BCUT2D eigenvalue weighted by molar-refractivity contribution is 5.75. The zero-order chi connectivity index (χ0) is 14.3. The third kappa shape index (κ3) is 7.50. The zero-order valence-electron chi connectivity index (χ0n) is 12.3. The van der Waals surface area contributed by atoms with Crippen LogP contribution < -0.4 is 5.73 Å². The summed E-state index contributed by atoms with van der Waals surface area (Å²) in [7, 11) is 0. The first-order valence-corrected chi connectivity index (χ1v) is 7.10. The summed E-state index contributed by atoms with van der Waals surface area (Å²) in [5.74, 6) is -0.310. The van der Waals surface area contributed by atoms with Gasteiger partial charge in [0, 0.05) is 0 Å². The van der Waals surface area contributed by atoms with Crippen molar-refractivity contribution in [2.24, 2.45) is 5.73 Å². The van der Waals surface area contributed by atoms with E-state index >= 15 is 0 Å². The van der Waals surface area contributed by atoms with Crippen LogP contribution in [-0.2, 0) is 19.0 Å². The van der Waals surface area contributed by atoms with Crippen LogP contribution in [0.4, 0.5) is 0 Å². The second kappa shape index (κ2) is 7.82. The van der Waals surface area contributed by atoms with Gasteiger partial charge in [0.2, 0.25) is 0 Å². The molecule has 19 heavy (non-hydrogen) atoms. The molecule has 1 aliphatic rings. The van der Waals surface area contributed by atoms with Crippen LogP contribution in [0.25, 0.3) is 0 Å². The van der Waals surface area contributed by atoms with Crippen LogP contribution in [0.2, 0.25) is 0 Å². The van der Waals surface area contributed by atoms with Crippen molar-refractivity contribution in [3.63, 3.8) is 0 Å². The van der Waals surface area contributed by atoms with Gasteiger partial charge in [-0.25, -0.2) is 0 Å². The third-order valence-electron chi connectivity index (χ3n) is 2.86. The highest BCUT2D eigenvalue weighted by Gasteiger charge is 2.21. The lowest BCUT2D eigenvalue weighted by atomic mass is 10.1. The lowest BCUT2D eigenvalue weighted by molar-refractivity contribution is -0.156. The smallest absolute Gasteiger partial charge is 0.323 e. The van der Waals surface area contributed by atoms with Crippen LogP contribution in [0, 0.1) is 0 Å². The zero-order valence-corrected chi connectivity index (χ0v) is 12.3. The minimum absolute atomic E-state index is 0.0282. The number of unbranched alkanes of at least 4 members (excludes halogenated alkanes) is 2. The van der Waals surface area contributed by atoms with Crippen molar-refractivity contribution in [1.29, 1.82) is 0 Å². The molecular formula is C14H27NO4. The van der Waals surface area contributed by atoms with Gasteiger partial charge in [-0.1, -0.05) is 12.8 Å². The maximum Gasteiger partial charge on any atom is 0.323 e. The van der Waals surface area contributed by atoms with E-state index in [0.29, 0.717) is 19.6 Å². The molecule has 0 aromatic carbocycles. The summed E-state index contributed by atoms with van der Waals surface area (Å²) in [6, 6.07) is -0.516. The molecule has 0 saturated carbocycles. The van der Waals surface area contributed by atoms with Gasteiger partial charge < -0.3 is 19.9 Å². The molecule has 2 N–H and O–H groups in total. The fourth-order valence-corrected chi connectivity index (χ4v) is 1.92. The number of ether oxygens (including phenoxy) is 3. The first-order valence-electron chi connectivity index (χ1n) is 7.10. The summed E-state index contributed by atoms with van der Waals surface area (Å²) < 4.78 is 15.9. The van der Waals surface area contributed by atoms with Crippen LogP contribution in [0.15, 0.2) is 0 Å². The van der Waals surface area contributed by atoms with Gasteiger partial charge in [-0.05, 0) is 40.0 Å². The van der Waals surface area contributed by atoms with Crippen molar-refractivity contribution in [3.8, 4) is 0 Å². The van der Waals surface area contributed by atoms with Crippen LogP contribution >= 0.6 is 0 Å². The number of nitrogens with two attached hydrogens (primary N) is 1. The number of rotatable bonds is 7. The van der Waals surface area contributed by atoms with Crippen molar-refractivity contribution in [1.82, 2.24) is 0 Å².